The third kappa shape index (κ3) is 3.72. The van der Waals surface area contributed by atoms with Gasteiger partial charge in [0.15, 0.2) is 5.78 Å². The number of nitrogens with zero attached hydrogens (tertiary/aromatic N) is 3. The summed E-state index contributed by atoms with van der Waals surface area (Å²) in [5, 5.41) is -0.713. The Labute approximate surface area is 194 Å². The monoisotopic (exact) mass is 491 g/mol. The van der Waals surface area contributed by atoms with Crippen LogP contribution in [0.25, 0.3) is 0 Å². The normalized spacial score (nSPS) is 21.8. The van der Waals surface area contributed by atoms with Crippen LogP contribution in [0.15, 0.2) is 47.6 Å². The quantitative estimate of drug-likeness (QED) is 0.464. The van der Waals surface area contributed by atoms with Crippen LogP contribution >= 0.6 is 10.6 Å². The summed E-state index contributed by atoms with van der Waals surface area (Å²) in [6.45, 7) is 0.775. The van der Waals surface area contributed by atoms with Gasteiger partial charge in [-0.2, -0.15) is 0 Å². The standard InChI is InChI=1S/C22H19F2N3O6S/c23-22(24)5-8-26(9-6-22)10-11-27-16-4-3-14(18(28)15-2-1-7-25-13-15)12-17(16)34(21(27)31)32-19(29)20(30)33-34/h1-4,7,12-13H,5-6,8-11H2. The van der Waals surface area contributed by atoms with Gasteiger partial charge in [-0.15, -0.1) is 0 Å². The second-order valence-electron chi connectivity index (χ2n) is 8.11. The number of aromatic nitrogens is 1. The van der Waals surface area contributed by atoms with E-state index in [1.807, 2.05) is 4.90 Å². The molecule has 9 nitrogen and oxygen atoms in total. The van der Waals surface area contributed by atoms with E-state index < -0.39 is 33.7 Å². The number of halogens is 2. The minimum atomic E-state index is -3.44. The molecule has 178 valence electrons. The van der Waals surface area contributed by atoms with Crippen LogP contribution in [0, 0.1) is 0 Å². The fraction of sp³-hybridized carbons (Fsp3) is 0.318. The molecule has 0 atom stereocenters. The summed E-state index contributed by atoms with van der Waals surface area (Å²) in [4.78, 5) is 57.3. The number of hydrogen-bond acceptors (Lipinski definition) is 8. The molecular formula is C22H19F2N3O6S. The summed E-state index contributed by atoms with van der Waals surface area (Å²) < 4.78 is 37.3. The number of fused-ring (bicyclic) bond motifs is 2. The number of likely N-dealkylation sites (tertiary alicyclic amines) is 1. The minimum Gasteiger partial charge on any atom is -0.320 e. The predicted octanol–water partition coefficient (Wildman–Crippen LogP) is 3.08. The van der Waals surface area contributed by atoms with E-state index in [1.54, 1.807) is 12.1 Å². The lowest BCUT2D eigenvalue weighted by Crippen LogP contribution is -2.43. The largest absolute Gasteiger partial charge is 0.442 e. The first-order chi connectivity index (χ1) is 16.2. The Morgan fingerprint density at radius 3 is 2.38 bits per heavy atom. The number of carbonyl (C=O) groups excluding carboxylic acids is 4. The van der Waals surface area contributed by atoms with E-state index in [1.165, 1.54) is 35.5 Å². The van der Waals surface area contributed by atoms with Gasteiger partial charge in [0.25, 0.3) is 5.92 Å². The Bertz CT molecular complexity index is 1180. The lowest BCUT2D eigenvalue weighted by Gasteiger charge is -2.33. The van der Waals surface area contributed by atoms with Gasteiger partial charge < -0.3 is 13.3 Å². The number of carbonyl (C=O) groups is 4. The van der Waals surface area contributed by atoms with Crippen LogP contribution < -0.4 is 4.90 Å². The number of piperidine rings is 1. The number of hydrogen-bond donors (Lipinski definition) is 0. The molecule has 0 radical (unpaired) electrons. The van der Waals surface area contributed by atoms with E-state index in [0.29, 0.717) is 17.8 Å². The van der Waals surface area contributed by atoms with Crippen molar-refractivity contribution in [1.82, 2.24) is 9.88 Å². The van der Waals surface area contributed by atoms with Gasteiger partial charge >= 0.3 is 17.2 Å². The zero-order chi connectivity index (χ0) is 24.1. The highest BCUT2D eigenvalue weighted by molar-refractivity contribution is 8.39. The molecule has 4 heterocycles. The fourth-order valence-corrected chi connectivity index (χ4v) is 6.43. The molecular weight excluding hydrogens is 472 g/mol. The average Bonchev–Trinajstić information content (AvgIpc) is 3.25. The van der Waals surface area contributed by atoms with Crippen LogP contribution in [0.1, 0.15) is 28.8 Å². The lowest BCUT2D eigenvalue weighted by atomic mass is 10.0. The van der Waals surface area contributed by atoms with Crippen molar-refractivity contribution in [3.63, 3.8) is 0 Å². The highest BCUT2D eigenvalue weighted by Crippen LogP contribution is 2.69. The van der Waals surface area contributed by atoms with Crippen LogP contribution in [0.2, 0.25) is 0 Å². The van der Waals surface area contributed by atoms with Gasteiger partial charge in [-0.05, 0) is 30.3 Å². The molecule has 3 aliphatic heterocycles. The molecule has 3 aliphatic rings. The van der Waals surface area contributed by atoms with E-state index in [9.17, 15) is 28.0 Å². The first kappa shape index (κ1) is 22.4. The smallest absolute Gasteiger partial charge is 0.320 e. The molecule has 0 N–H and O–H groups in total. The van der Waals surface area contributed by atoms with Gasteiger partial charge in [0.2, 0.25) is 0 Å². The number of rotatable bonds is 5. The van der Waals surface area contributed by atoms with Gasteiger partial charge in [0.05, 0.1) is 5.69 Å². The third-order valence-corrected chi connectivity index (χ3v) is 8.31. The van der Waals surface area contributed by atoms with Crippen molar-refractivity contribution < 1.29 is 36.3 Å². The maximum absolute atomic E-state index is 13.5. The topological polar surface area (TPSA) is 106 Å². The molecule has 12 heteroatoms. The highest BCUT2D eigenvalue weighted by atomic mass is 32.3. The molecule has 1 aromatic heterocycles. The third-order valence-electron chi connectivity index (χ3n) is 5.96. The summed E-state index contributed by atoms with van der Waals surface area (Å²) in [6, 6.07) is 7.64. The summed E-state index contributed by atoms with van der Waals surface area (Å²) in [6.07, 6.45) is 2.40. The molecule has 1 spiro atoms. The predicted molar refractivity (Wildman–Crippen MR) is 116 cm³/mol. The van der Waals surface area contributed by atoms with E-state index in [4.69, 9.17) is 8.37 Å². The molecule has 2 aromatic rings. The first-order valence-corrected chi connectivity index (χ1v) is 12.0. The van der Waals surface area contributed by atoms with Crippen molar-refractivity contribution in [1.29, 1.82) is 0 Å². The number of alkyl halides is 2. The summed E-state index contributed by atoms with van der Waals surface area (Å²) in [7, 11) is -3.44. The van der Waals surface area contributed by atoms with Gasteiger partial charge in [-0.25, -0.2) is 23.2 Å². The molecule has 0 bridgehead atoms. The van der Waals surface area contributed by atoms with Crippen molar-refractivity contribution in [2.75, 3.05) is 31.1 Å². The van der Waals surface area contributed by atoms with Crippen LogP contribution in [0.3, 0.4) is 0 Å². The highest BCUT2D eigenvalue weighted by Gasteiger charge is 2.56. The van der Waals surface area contributed by atoms with Crippen LogP contribution in [-0.4, -0.2) is 64.9 Å². The Balaban J connectivity index is 1.46. The average molecular weight is 491 g/mol. The molecule has 5 rings (SSSR count). The molecule has 2 saturated heterocycles. The second kappa shape index (κ2) is 8.13. The van der Waals surface area contributed by atoms with E-state index in [2.05, 4.69) is 4.98 Å². The van der Waals surface area contributed by atoms with Gasteiger partial charge in [-0.1, -0.05) is 0 Å². The van der Waals surface area contributed by atoms with Gasteiger partial charge in [0.1, 0.15) is 4.90 Å². The molecule has 0 unspecified atom stereocenters. The van der Waals surface area contributed by atoms with Crippen molar-refractivity contribution >= 4 is 39.2 Å². The van der Waals surface area contributed by atoms with Crippen LogP contribution in [0.4, 0.5) is 19.3 Å². The molecule has 1 amide bonds. The summed E-state index contributed by atoms with van der Waals surface area (Å²) in [5.41, 5.74) is 0.855. The maximum Gasteiger partial charge on any atom is 0.442 e. The van der Waals surface area contributed by atoms with Crippen LogP contribution in [0.5, 0.6) is 0 Å². The second-order valence-corrected chi connectivity index (χ2v) is 10.2. The van der Waals surface area contributed by atoms with Gasteiger partial charge in [0, 0.05) is 73.1 Å². The lowest BCUT2D eigenvalue weighted by molar-refractivity contribution is -0.150. The molecule has 1 aromatic carbocycles. The minimum absolute atomic E-state index is 0.108. The molecule has 0 saturated carbocycles. The van der Waals surface area contributed by atoms with Gasteiger partial charge in [-0.3, -0.25) is 14.7 Å². The van der Waals surface area contributed by atoms with E-state index in [-0.39, 0.29) is 48.7 Å². The maximum atomic E-state index is 13.5. The number of amides is 1. The number of ketones is 1. The number of pyridine rings is 1. The molecule has 0 aliphatic carbocycles. The van der Waals surface area contributed by atoms with Crippen molar-refractivity contribution in [3.8, 4) is 0 Å². The van der Waals surface area contributed by atoms with E-state index >= 15 is 0 Å². The van der Waals surface area contributed by atoms with Crippen molar-refractivity contribution in [2.45, 2.75) is 23.7 Å². The van der Waals surface area contributed by atoms with Crippen molar-refractivity contribution in [3.05, 3.63) is 53.9 Å². The Morgan fingerprint density at radius 1 is 1.03 bits per heavy atom. The first-order valence-electron chi connectivity index (χ1n) is 10.5. The zero-order valence-corrected chi connectivity index (χ0v) is 18.6. The number of anilines is 1. The Hall–Kier alpha value is -3.38. The Morgan fingerprint density at radius 2 is 1.74 bits per heavy atom. The molecule has 34 heavy (non-hydrogen) atoms. The molecule has 2 fully saturated rings. The van der Waals surface area contributed by atoms with Crippen LogP contribution in [-0.2, 0) is 18.0 Å². The fourth-order valence-electron chi connectivity index (χ4n) is 4.11. The summed E-state index contributed by atoms with van der Waals surface area (Å²) in [5.74, 6) is -5.62. The van der Waals surface area contributed by atoms with Crippen molar-refractivity contribution in [2.24, 2.45) is 0 Å². The Kier molecular flexibility index (Phi) is 5.36. The SMILES string of the molecule is O=C1OS2(OC1=O)C(=O)N(CCN1CCC(F)(F)CC1)c1ccc(C(=O)c3cccnc3)cc12. The van der Waals surface area contributed by atoms with E-state index in [0.717, 1.165) is 0 Å². The zero-order valence-electron chi connectivity index (χ0n) is 17.7. The number of benzene rings is 1. The summed E-state index contributed by atoms with van der Waals surface area (Å²) >= 11 is 0.